The second-order valence-corrected chi connectivity index (χ2v) is 7.52. The number of hydrogen-bond acceptors (Lipinski definition) is 5. The predicted molar refractivity (Wildman–Crippen MR) is 119 cm³/mol. The Morgan fingerprint density at radius 1 is 1.10 bits per heavy atom. The van der Waals surface area contributed by atoms with Crippen LogP contribution in [0.4, 0.5) is 5.88 Å². The van der Waals surface area contributed by atoms with Crippen LogP contribution in [0.5, 0.6) is 0 Å². The van der Waals surface area contributed by atoms with Gasteiger partial charge in [-0.2, -0.15) is 0 Å². The quantitative estimate of drug-likeness (QED) is 0.225. The van der Waals surface area contributed by atoms with Gasteiger partial charge in [0.1, 0.15) is 16.5 Å². The van der Waals surface area contributed by atoms with E-state index in [9.17, 15) is 14.9 Å². The van der Waals surface area contributed by atoms with Crippen LogP contribution in [0.2, 0.25) is 0 Å². The van der Waals surface area contributed by atoms with Gasteiger partial charge in [-0.1, -0.05) is 30.3 Å². The zero-order valence-electron chi connectivity index (χ0n) is 15.0. The van der Waals surface area contributed by atoms with Gasteiger partial charge in [-0.25, -0.2) is 4.98 Å². The van der Waals surface area contributed by atoms with Crippen molar-refractivity contribution in [1.82, 2.24) is 9.55 Å². The van der Waals surface area contributed by atoms with Gasteiger partial charge in [0.25, 0.3) is 5.56 Å². The summed E-state index contributed by atoms with van der Waals surface area (Å²) < 4.78 is 7.69. The first kappa shape index (κ1) is 19.1. The molecule has 0 spiro atoms. The molecule has 7 nitrogen and oxygen atoms in total. The van der Waals surface area contributed by atoms with Crippen LogP contribution in [-0.4, -0.2) is 14.5 Å². The number of furan rings is 1. The van der Waals surface area contributed by atoms with E-state index in [0.717, 1.165) is 9.13 Å². The number of rotatable bonds is 5. The molecule has 0 N–H and O–H groups in total. The number of hydrogen-bond donors (Lipinski definition) is 0. The molecular formula is C21H14IN3O4. The molecule has 0 aliphatic heterocycles. The van der Waals surface area contributed by atoms with E-state index in [0.29, 0.717) is 29.0 Å². The average molecular weight is 499 g/mol. The van der Waals surface area contributed by atoms with Crippen molar-refractivity contribution in [3.05, 3.63) is 102 Å². The molecule has 0 atom stereocenters. The Morgan fingerprint density at radius 3 is 2.62 bits per heavy atom. The summed E-state index contributed by atoms with van der Waals surface area (Å²) in [5, 5.41) is 11.3. The van der Waals surface area contributed by atoms with Gasteiger partial charge in [0.2, 0.25) is 0 Å². The zero-order valence-corrected chi connectivity index (χ0v) is 17.1. The van der Waals surface area contributed by atoms with E-state index < -0.39 is 4.92 Å². The molecule has 0 fully saturated rings. The topological polar surface area (TPSA) is 91.2 Å². The number of benzene rings is 2. The molecule has 4 rings (SSSR count). The first-order chi connectivity index (χ1) is 14.0. The van der Waals surface area contributed by atoms with Crippen LogP contribution in [0, 0.1) is 13.7 Å². The Bertz CT molecular complexity index is 1290. The zero-order chi connectivity index (χ0) is 20.4. The fourth-order valence-electron chi connectivity index (χ4n) is 2.94. The van der Waals surface area contributed by atoms with E-state index in [1.807, 2.05) is 42.5 Å². The Balaban J connectivity index is 1.82. The molecule has 0 aliphatic carbocycles. The minimum atomic E-state index is -0.599. The first-order valence-electron chi connectivity index (χ1n) is 8.67. The fraction of sp³-hybridized carbons (Fsp3) is 0.0476. The van der Waals surface area contributed by atoms with E-state index >= 15 is 0 Å². The van der Waals surface area contributed by atoms with Crippen LogP contribution in [0.3, 0.4) is 0 Å². The molecule has 0 bridgehead atoms. The number of halogens is 1. The fourth-order valence-corrected chi connectivity index (χ4v) is 3.43. The van der Waals surface area contributed by atoms with Crippen molar-refractivity contribution in [1.29, 1.82) is 0 Å². The monoisotopic (exact) mass is 499 g/mol. The number of aromatic nitrogens is 2. The minimum Gasteiger partial charge on any atom is -0.401 e. The van der Waals surface area contributed by atoms with Crippen LogP contribution in [-0.2, 0) is 6.54 Å². The maximum atomic E-state index is 13.2. The van der Waals surface area contributed by atoms with Crippen molar-refractivity contribution < 1.29 is 9.34 Å². The highest BCUT2D eigenvalue weighted by atomic mass is 127. The lowest BCUT2D eigenvalue weighted by Crippen LogP contribution is -2.24. The Hall–Kier alpha value is -3.27. The van der Waals surface area contributed by atoms with Crippen LogP contribution in [0.25, 0.3) is 23.1 Å². The average Bonchev–Trinajstić information content (AvgIpc) is 3.20. The highest BCUT2D eigenvalue weighted by Crippen LogP contribution is 2.19. The van der Waals surface area contributed by atoms with Gasteiger partial charge in [0.15, 0.2) is 0 Å². The van der Waals surface area contributed by atoms with E-state index in [1.54, 1.807) is 22.8 Å². The normalized spacial score (nSPS) is 11.3. The second kappa shape index (κ2) is 8.00. The molecule has 144 valence electrons. The van der Waals surface area contributed by atoms with Crippen molar-refractivity contribution in [2.45, 2.75) is 6.54 Å². The predicted octanol–water partition coefficient (Wildman–Crippen LogP) is 4.72. The molecule has 8 heteroatoms. The number of fused-ring (bicyclic) bond motifs is 1. The third-order valence-corrected chi connectivity index (χ3v) is 4.99. The van der Waals surface area contributed by atoms with Crippen molar-refractivity contribution >= 4 is 51.5 Å². The summed E-state index contributed by atoms with van der Waals surface area (Å²) in [6.45, 7) is 0.353. The summed E-state index contributed by atoms with van der Waals surface area (Å²) in [7, 11) is 0. The summed E-state index contributed by atoms with van der Waals surface area (Å²) in [4.78, 5) is 28.0. The van der Waals surface area contributed by atoms with Crippen molar-refractivity contribution in [3.8, 4) is 0 Å². The summed E-state index contributed by atoms with van der Waals surface area (Å²) in [6, 6.07) is 17.9. The molecule has 0 radical (unpaired) electrons. The molecule has 2 aromatic carbocycles. The molecule has 0 aliphatic rings. The summed E-state index contributed by atoms with van der Waals surface area (Å²) >= 11 is 2.16. The largest absolute Gasteiger partial charge is 0.433 e. The van der Waals surface area contributed by atoms with E-state index in [1.165, 1.54) is 12.1 Å². The van der Waals surface area contributed by atoms with Gasteiger partial charge in [0, 0.05) is 3.57 Å². The van der Waals surface area contributed by atoms with E-state index in [4.69, 9.17) is 4.42 Å². The Morgan fingerprint density at radius 2 is 1.90 bits per heavy atom. The van der Waals surface area contributed by atoms with Gasteiger partial charge in [-0.05, 0) is 64.6 Å². The molecule has 4 aromatic rings. The van der Waals surface area contributed by atoms with E-state index in [-0.39, 0.29) is 11.4 Å². The smallest absolute Gasteiger partial charge is 0.401 e. The third kappa shape index (κ3) is 4.11. The van der Waals surface area contributed by atoms with Gasteiger partial charge < -0.3 is 4.42 Å². The van der Waals surface area contributed by atoms with Crippen molar-refractivity contribution in [3.63, 3.8) is 0 Å². The first-order valence-corrected chi connectivity index (χ1v) is 9.75. The molecule has 0 unspecified atom stereocenters. The van der Waals surface area contributed by atoms with Crippen LogP contribution in [0.1, 0.15) is 17.1 Å². The van der Waals surface area contributed by atoms with Gasteiger partial charge in [-0.15, -0.1) is 0 Å². The number of nitrogens with zero attached hydrogens (tertiary/aromatic N) is 3. The summed E-state index contributed by atoms with van der Waals surface area (Å²) in [5.74, 6) is 0.402. The maximum Gasteiger partial charge on any atom is 0.433 e. The highest BCUT2D eigenvalue weighted by molar-refractivity contribution is 14.1. The molecule has 2 heterocycles. The standard InChI is InChI=1S/C21H14IN3O4/c22-15-6-9-18-17(12-15)21(26)24(13-14-4-2-1-3-5-14)19(23-18)10-7-16-8-11-20(29-16)25(27)28/h1-12H,13H2/b10-7-. The van der Waals surface area contributed by atoms with Crippen molar-refractivity contribution in [2.24, 2.45) is 0 Å². The Kier molecular flexibility index (Phi) is 5.26. The molecule has 29 heavy (non-hydrogen) atoms. The highest BCUT2D eigenvalue weighted by Gasteiger charge is 2.12. The van der Waals surface area contributed by atoms with Gasteiger partial charge >= 0.3 is 5.88 Å². The summed E-state index contributed by atoms with van der Waals surface area (Å²) in [5.41, 5.74) is 1.40. The molecule has 2 aromatic heterocycles. The van der Waals surface area contributed by atoms with Gasteiger partial charge in [0.05, 0.1) is 23.5 Å². The maximum absolute atomic E-state index is 13.2. The van der Waals surface area contributed by atoms with Crippen molar-refractivity contribution in [2.75, 3.05) is 0 Å². The Labute approximate surface area is 178 Å². The van der Waals surface area contributed by atoms with Crippen LogP contribution < -0.4 is 5.56 Å². The molecule has 0 saturated heterocycles. The van der Waals surface area contributed by atoms with Gasteiger partial charge in [-0.3, -0.25) is 19.5 Å². The van der Waals surface area contributed by atoms with Crippen LogP contribution in [0.15, 0.2) is 69.9 Å². The second-order valence-electron chi connectivity index (χ2n) is 6.27. The van der Waals surface area contributed by atoms with E-state index in [2.05, 4.69) is 27.6 Å². The van der Waals surface area contributed by atoms with Crippen LogP contribution >= 0.6 is 22.6 Å². The lowest BCUT2D eigenvalue weighted by molar-refractivity contribution is -0.402. The molecular weight excluding hydrogens is 485 g/mol. The molecule has 0 amide bonds. The minimum absolute atomic E-state index is 0.151. The SMILES string of the molecule is O=c1c2cc(I)ccc2nc(/C=C\c2ccc([N+](=O)[O-])o2)n1Cc1ccccc1. The lowest BCUT2D eigenvalue weighted by Gasteiger charge is -2.11. The molecule has 0 saturated carbocycles. The number of nitro groups is 1. The third-order valence-electron chi connectivity index (χ3n) is 4.32. The summed E-state index contributed by atoms with van der Waals surface area (Å²) in [6.07, 6.45) is 3.19. The lowest BCUT2D eigenvalue weighted by atomic mass is 10.2.